The van der Waals surface area contributed by atoms with Gasteiger partial charge in [0.15, 0.2) is 11.6 Å². The van der Waals surface area contributed by atoms with Gasteiger partial charge in [0.2, 0.25) is 0 Å². The van der Waals surface area contributed by atoms with Gasteiger partial charge in [-0.2, -0.15) is 0 Å². The van der Waals surface area contributed by atoms with Gasteiger partial charge >= 0.3 is 0 Å². The SMILES string of the molecule is CC(=O)c1c(C)[nH]c(C(=O)[C@@H](C)N2CCC(C)CC2)c1C. The molecule has 0 radical (unpaired) electrons. The number of Topliss-reactive ketones (excluding diaryl/α,β-unsaturated/α-hetero) is 2. The van der Waals surface area contributed by atoms with Crippen LogP contribution in [0.3, 0.4) is 0 Å². The summed E-state index contributed by atoms with van der Waals surface area (Å²) in [6.45, 7) is 11.5. The number of carbonyl (C=O) groups is 2. The number of ketones is 2. The number of likely N-dealkylation sites (tertiary alicyclic amines) is 1. The molecule has 1 saturated heterocycles. The molecule has 116 valence electrons. The summed E-state index contributed by atoms with van der Waals surface area (Å²) in [5.41, 5.74) is 2.85. The highest BCUT2D eigenvalue weighted by Gasteiger charge is 2.29. The lowest BCUT2D eigenvalue weighted by atomic mass is 9.96. The molecule has 1 aromatic heterocycles. The van der Waals surface area contributed by atoms with Gasteiger partial charge in [-0.05, 0) is 65.1 Å². The van der Waals surface area contributed by atoms with Gasteiger partial charge in [0.1, 0.15) is 0 Å². The number of piperidine rings is 1. The van der Waals surface area contributed by atoms with Crippen LogP contribution in [0.4, 0.5) is 0 Å². The van der Waals surface area contributed by atoms with Crippen molar-refractivity contribution in [1.29, 1.82) is 0 Å². The molecule has 1 aromatic rings. The molecule has 0 bridgehead atoms. The summed E-state index contributed by atoms with van der Waals surface area (Å²) >= 11 is 0. The Bertz CT molecular complexity index is 551. The first-order chi connectivity index (χ1) is 9.82. The minimum Gasteiger partial charge on any atom is -0.355 e. The van der Waals surface area contributed by atoms with Gasteiger partial charge in [0.05, 0.1) is 11.7 Å². The fourth-order valence-electron chi connectivity index (χ4n) is 3.32. The molecule has 0 aromatic carbocycles. The Kier molecular flexibility index (Phi) is 4.67. The van der Waals surface area contributed by atoms with Crippen LogP contribution in [0, 0.1) is 19.8 Å². The molecule has 1 atom stereocenters. The molecule has 0 spiro atoms. The zero-order valence-electron chi connectivity index (χ0n) is 13.7. The number of hydrogen-bond acceptors (Lipinski definition) is 3. The van der Waals surface area contributed by atoms with Crippen LogP contribution >= 0.6 is 0 Å². The lowest BCUT2D eigenvalue weighted by Crippen LogP contribution is -2.43. The summed E-state index contributed by atoms with van der Waals surface area (Å²) in [6, 6.07) is -0.131. The second kappa shape index (κ2) is 6.14. The monoisotopic (exact) mass is 290 g/mol. The minimum absolute atomic E-state index is 0.0137. The van der Waals surface area contributed by atoms with Crippen molar-refractivity contribution in [2.75, 3.05) is 13.1 Å². The Morgan fingerprint density at radius 3 is 2.29 bits per heavy atom. The second-order valence-corrected chi connectivity index (χ2v) is 6.44. The zero-order chi connectivity index (χ0) is 15.7. The number of aromatic nitrogens is 1. The number of aryl methyl sites for hydroxylation is 1. The van der Waals surface area contributed by atoms with Crippen molar-refractivity contribution in [3.05, 3.63) is 22.5 Å². The first-order valence-corrected chi connectivity index (χ1v) is 7.81. The van der Waals surface area contributed by atoms with Gasteiger partial charge in [-0.1, -0.05) is 6.92 Å². The molecule has 4 heteroatoms. The fraction of sp³-hybridized carbons (Fsp3) is 0.647. The Hall–Kier alpha value is -1.42. The molecular weight excluding hydrogens is 264 g/mol. The van der Waals surface area contributed by atoms with E-state index in [1.54, 1.807) is 6.92 Å². The molecule has 0 amide bonds. The van der Waals surface area contributed by atoms with Crippen LogP contribution < -0.4 is 0 Å². The lowest BCUT2D eigenvalue weighted by Gasteiger charge is -2.34. The molecule has 2 rings (SSSR count). The summed E-state index contributed by atoms with van der Waals surface area (Å²) in [7, 11) is 0. The molecule has 2 heterocycles. The third-order valence-electron chi connectivity index (χ3n) is 4.78. The third kappa shape index (κ3) is 3.10. The third-order valence-corrected chi connectivity index (χ3v) is 4.78. The molecule has 1 aliphatic heterocycles. The maximum absolute atomic E-state index is 12.8. The first-order valence-electron chi connectivity index (χ1n) is 7.81. The molecule has 1 fully saturated rings. The van der Waals surface area contributed by atoms with Crippen LogP contribution in [0.25, 0.3) is 0 Å². The highest BCUT2D eigenvalue weighted by atomic mass is 16.1. The number of rotatable bonds is 4. The molecule has 21 heavy (non-hydrogen) atoms. The Labute approximate surface area is 126 Å². The quantitative estimate of drug-likeness (QED) is 0.867. The van der Waals surface area contributed by atoms with E-state index in [0.29, 0.717) is 11.3 Å². The normalized spacial score (nSPS) is 18.7. The van der Waals surface area contributed by atoms with E-state index in [1.807, 2.05) is 20.8 Å². The molecular formula is C17H26N2O2. The summed E-state index contributed by atoms with van der Waals surface area (Å²) in [4.78, 5) is 29.8. The van der Waals surface area contributed by atoms with Crippen molar-refractivity contribution in [2.24, 2.45) is 5.92 Å². The van der Waals surface area contributed by atoms with E-state index in [2.05, 4.69) is 16.8 Å². The second-order valence-electron chi connectivity index (χ2n) is 6.44. The summed E-state index contributed by atoms with van der Waals surface area (Å²) in [5.74, 6) is 0.861. The van der Waals surface area contributed by atoms with E-state index in [1.165, 1.54) is 0 Å². The minimum atomic E-state index is -0.131. The van der Waals surface area contributed by atoms with Crippen molar-refractivity contribution in [2.45, 2.75) is 53.5 Å². The Balaban J connectivity index is 2.20. The molecule has 1 aliphatic rings. The van der Waals surface area contributed by atoms with E-state index in [9.17, 15) is 9.59 Å². The van der Waals surface area contributed by atoms with Crippen LogP contribution in [0.2, 0.25) is 0 Å². The smallest absolute Gasteiger partial charge is 0.196 e. The number of carbonyl (C=O) groups excluding carboxylic acids is 2. The van der Waals surface area contributed by atoms with E-state index < -0.39 is 0 Å². The molecule has 4 nitrogen and oxygen atoms in total. The highest BCUT2D eigenvalue weighted by molar-refractivity contribution is 6.05. The van der Waals surface area contributed by atoms with Gasteiger partial charge in [0.25, 0.3) is 0 Å². The van der Waals surface area contributed by atoms with Gasteiger partial charge < -0.3 is 4.98 Å². The number of H-pyrrole nitrogens is 1. The standard InChI is InChI=1S/C17H26N2O2/c1-10-6-8-19(9-7-10)13(4)17(21)16-11(2)15(14(5)20)12(3)18-16/h10,13,18H,6-9H2,1-5H3/t13-/m1/s1. The van der Waals surface area contributed by atoms with E-state index in [4.69, 9.17) is 0 Å². The molecule has 0 unspecified atom stereocenters. The molecule has 0 aliphatic carbocycles. The van der Waals surface area contributed by atoms with Crippen LogP contribution in [0.5, 0.6) is 0 Å². The maximum atomic E-state index is 12.8. The number of nitrogens with one attached hydrogen (secondary N) is 1. The molecule has 1 N–H and O–H groups in total. The van der Waals surface area contributed by atoms with Crippen LogP contribution in [0.1, 0.15) is 65.7 Å². The maximum Gasteiger partial charge on any atom is 0.196 e. The topological polar surface area (TPSA) is 53.2 Å². The number of hydrogen-bond donors (Lipinski definition) is 1. The average molecular weight is 290 g/mol. The van der Waals surface area contributed by atoms with E-state index >= 15 is 0 Å². The summed E-state index contributed by atoms with van der Waals surface area (Å²) in [6.07, 6.45) is 2.30. The number of nitrogens with zero attached hydrogens (tertiary/aromatic N) is 1. The summed E-state index contributed by atoms with van der Waals surface area (Å²) in [5, 5.41) is 0. The lowest BCUT2D eigenvalue weighted by molar-refractivity contribution is 0.0773. The Morgan fingerprint density at radius 2 is 1.81 bits per heavy atom. The predicted octanol–water partition coefficient (Wildman–Crippen LogP) is 3.14. The van der Waals surface area contributed by atoms with E-state index in [0.717, 1.165) is 43.1 Å². The Morgan fingerprint density at radius 1 is 1.24 bits per heavy atom. The van der Waals surface area contributed by atoms with Crippen LogP contribution in [-0.4, -0.2) is 40.6 Å². The van der Waals surface area contributed by atoms with Gasteiger partial charge in [-0.15, -0.1) is 0 Å². The van der Waals surface area contributed by atoms with Crippen LogP contribution in [0.15, 0.2) is 0 Å². The fourth-order valence-corrected chi connectivity index (χ4v) is 3.32. The van der Waals surface area contributed by atoms with Gasteiger partial charge in [-0.3, -0.25) is 14.5 Å². The largest absolute Gasteiger partial charge is 0.355 e. The van der Waals surface area contributed by atoms with Crippen molar-refractivity contribution in [1.82, 2.24) is 9.88 Å². The van der Waals surface area contributed by atoms with Crippen molar-refractivity contribution >= 4 is 11.6 Å². The van der Waals surface area contributed by atoms with Crippen molar-refractivity contribution in [3.8, 4) is 0 Å². The zero-order valence-corrected chi connectivity index (χ0v) is 13.7. The first kappa shape index (κ1) is 16.0. The van der Waals surface area contributed by atoms with Crippen molar-refractivity contribution < 1.29 is 9.59 Å². The average Bonchev–Trinajstić information content (AvgIpc) is 2.73. The summed E-state index contributed by atoms with van der Waals surface area (Å²) < 4.78 is 0. The predicted molar refractivity (Wildman–Crippen MR) is 84.0 cm³/mol. The highest BCUT2D eigenvalue weighted by Crippen LogP contribution is 2.23. The molecule has 0 saturated carbocycles. The van der Waals surface area contributed by atoms with Gasteiger partial charge in [-0.25, -0.2) is 0 Å². The van der Waals surface area contributed by atoms with Gasteiger partial charge in [0, 0.05) is 11.3 Å². The van der Waals surface area contributed by atoms with Crippen LogP contribution in [-0.2, 0) is 0 Å². The van der Waals surface area contributed by atoms with E-state index in [-0.39, 0.29) is 17.6 Å². The van der Waals surface area contributed by atoms with Crippen molar-refractivity contribution in [3.63, 3.8) is 0 Å². The number of aromatic amines is 1.